The zero-order chi connectivity index (χ0) is 22.3. The lowest BCUT2D eigenvalue weighted by Crippen LogP contribution is -2.53. The SMILES string of the molecule is CC[C@@H](C(=O)NC(C)(C)C)N(Cc1ccc(Cl)c(Cl)c1)C(=O)CCc1ccccc1. The summed E-state index contributed by atoms with van der Waals surface area (Å²) in [6, 6.07) is 14.6. The molecule has 0 spiro atoms. The lowest BCUT2D eigenvalue weighted by molar-refractivity contribution is -0.142. The Bertz CT molecular complexity index is 863. The Morgan fingerprint density at radius 3 is 2.23 bits per heavy atom. The average Bonchev–Trinajstić information content (AvgIpc) is 2.68. The first-order valence-corrected chi connectivity index (χ1v) is 11.0. The Labute approximate surface area is 189 Å². The van der Waals surface area contributed by atoms with Crippen molar-refractivity contribution in [1.82, 2.24) is 10.2 Å². The first-order valence-electron chi connectivity index (χ1n) is 10.2. The minimum absolute atomic E-state index is 0.0687. The molecule has 2 aromatic rings. The molecule has 0 heterocycles. The molecule has 0 bridgehead atoms. The van der Waals surface area contributed by atoms with Crippen molar-refractivity contribution in [2.45, 2.75) is 65.1 Å². The smallest absolute Gasteiger partial charge is 0.243 e. The van der Waals surface area contributed by atoms with Gasteiger partial charge < -0.3 is 10.2 Å². The Hall–Kier alpha value is -2.04. The number of benzene rings is 2. The average molecular weight is 449 g/mol. The number of halogens is 2. The molecular weight excluding hydrogens is 419 g/mol. The number of hydrogen-bond donors (Lipinski definition) is 1. The van der Waals surface area contributed by atoms with Crippen molar-refractivity contribution in [3.63, 3.8) is 0 Å². The number of rotatable bonds is 8. The maximum atomic E-state index is 13.2. The standard InChI is InChI=1S/C24H30Cl2N2O2/c1-5-21(23(30)27-24(2,3)4)28(16-18-11-13-19(25)20(26)15-18)22(29)14-12-17-9-7-6-8-10-17/h6-11,13,15,21H,5,12,14,16H2,1-4H3,(H,27,30)/t21-/m0/s1. The Morgan fingerprint density at radius 2 is 1.67 bits per heavy atom. The van der Waals surface area contributed by atoms with Crippen LogP contribution in [0.1, 0.15) is 51.7 Å². The molecule has 4 nitrogen and oxygen atoms in total. The van der Waals surface area contributed by atoms with Crippen molar-refractivity contribution >= 4 is 35.0 Å². The van der Waals surface area contributed by atoms with Gasteiger partial charge in [0.05, 0.1) is 10.0 Å². The monoisotopic (exact) mass is 448 g/mol. The molecule has 2 amide bonds. The van der Waals surface area contributed by atoms with Gasteiger partial charge in [-0.2, -0.15) is 0 Å². The van der Waals surface area contributed by atoms with E-state index in [1.807, 2.05) is 64.1 Å². The van der Waals surface area contributed by atoms with Gasteiger partial charge in [-0.05, 0) is 56.9 Å². The van der Waals surface area contributed by atoms with Crippen LogP contribution < -0.4 is 5.32 Å². The van der Waals surface area contributed by atoms with Crippen LogP contribution in [-0.2, 0) is 22.6 Å². The second kappa shape index (κ2) is 10.8. The molecule has 2 aromatic carbocycles. The van der Waals surface area contributed by atoms with Crippen LogP contribution in [0.5, 0.6) is 0 Å². The highest BCUT2D eigenvalue weighted by Gasteiger charge is 2.30. The zero-order valence-corrected chi connectivity index (χ0v) is 19.6. The number of carbonyl (C=O) groups is 2. The van der Waals surface area contributed by atoms with E-state index < -0.39 is 6.04 Å². The number of amides is 2. The molecule has 1 atom stereocenters. The van der Waals surface area contributed by atoms with Gasteiger partial charge in [0.1, 0.15) is 6.04 Å². The van der Waals surface area contributed by atoms with E-state index in [1.54, 1.807) is 17.0 Å². The molecule has 0 aliphatic heterocycles. The fourth-order valence-electron chi connectivity index (χ4n) is 3.25. The van der Waals surface area contributed by atoms with Crippen molar-refractivity contribution in [1.29, 1.82) is 0 Å². The summed E-state index contributed by atoms with van der Waals surface area (Å²) in [6.07, 6.45) is 1.46. The normalized spacial score (nSPS) is 12.3. The van der Waals surface area contributed by atoms with Gasteiger partial charge in [0.25, 0.3) is 0 Å². The van der Waals surface area contributed by atoms with E-state index in [0.717, 1.165) is 11.1 Å². The summed E-state index contributed by atoms with van der Waals surface area (Å²) < 4.78 is 0. The highest BCUT2D eigenvalue weighted by atomic mass is 35.5. The Kier molecular flexibility index (Phi) is 8.75. The van der Waals surface area contributed by atoms with Gasteiger partial charge in [0.2, 0.25) is 11.8 Å². The second-order valence-corrected chi connectivity index (χ2v) is 9.23. The molecule has 6 heteroatoms. The number of nitrogens with one attached hydrogen (secondary N) is 1. The first-order chi connectivity index (χ1) is 14.1. The van der Waals surface area contributed by atoms with Gasteiger partial charge in [-0.3, -0.25) is 9.59 Å². The van der Waals surface area contributed by atoms with Crippen molar-refractivity contribution in [3.8, 4) is 0 Å². The number of nitrogens with zero attached hydrogens (tertiary/aromatic N) is 1. The third-order valence-corrected chi connectivity index (χ3v) is 5.43. The summed E-state index contributed by atoms with van der Waals surface area (Å²) in [7, 11) is 0. The van der Waals surface area contributed by atoms with Crippen molar-refractivity contribution < 1.29 is 9.59 Å². The van der Waals surface area contributed by atoms with E-state index in [0.29, 0.717) is 35.9 Å². The number of aryl methyl sites for hydroxylation is 1. The van der Waals surface area contributed by atoms with E-state index >= 15 is 0 Å². The number of carbonyl (C=O) groups excluding carboxylic acids is 2. The van der Waals surface area contributed by atoms with E-state index in [9.17, 15) is 9.59 Å². The quantitative estimate of drug-likeness (QED) is 0.566. The van der Waals surface area contributed by atoms with Gasteiger partial charge in [-0.1, -0.05) is 66.5 Å². The van der Waals surface area contributed by atoms with Crippen molar-refractivity contribution in [2.75, 3.05) is 0 Å². The lowest BCUT2D eigenvalue weighted by atomic mass is 10.0. The third-order valence-electron chi connectivity index (χ3n) is 4.69. The van der Waals surface area contributed by atoms with E-state index in [4.69, 9.17) is 23.2 Å². The fourth-order valence-corrected chi connectivity index (χ4v) is 3.57. The maximum absolute atomic E-state index is 13.2. The van der Waals surface area contributed by atoms with Gasteiger partial charge in [0.15, 0.2) is 0 Å². The van der Waals surface area contributed by atoms with Crippen LogP contribution in [0.15, 0.2) is 48.5 Å². The molecule has 0 fully saturated rings. The number of hydrogen-bond acceptors (Lipinski definition) is 2. The van der Waals surface area contributed by atoms with Crippen molar-refractivity contribution in [3.05, 3.63) is 69.7 Å². The summed E-state index contributed by atoms with van der Waals surface area (Å²) >= 11 is 12.2. The van der Waals surface area contributed by atoms with Crippen LogP contribution in [0.3, 0.4) is 0 Å². The first kappa shape index (κ1) is 24.2. The van der Waals surface area contributed by atoms with Crippen molar-refractivity contribution in [2.24, 2.45) is 0 Å². The second-order valence-electron chi connectivity index (χ2n) is 8.42. The summed E-state index contributed by atoms with van der Waals surface area (Å²) in [5, 5.41) is 3.89. The lowest BCUT2D eigenvalue weighted by Gasteiger charge is -2.33. The molecule has 1 N–H and O–H groups in total. The molecule has 0 aliphatic carbocycles. The topological polar surface area (TPSA) is 49.4 Å². The predicted molar refractivity (Wildman–Crippen MR) is 124 cm³/mol. The van der Waals surface area contributed by atoms with E-state index in [2.05, 4.69) is 5.32 Å². The molecule has 30 heavy (non-hydrogen) atoms. The molecule has 0 saturated heterocycles. The van der Waals surface area contributed by atoms with Crippen LogP contribution >= 0.6 is 23.2 Å². The van der Waals surface area contributed by atoms with E-state index in [-0.39, 0.29) is 17.4 Å². The summed E-state index contributed by atoms with van der Waals surface area (Å²) in [6.45, 7) is 7.99. The van der Waals surface area contributed by atoms with Gasteiger partial charge in [-0.25, -0.2) is 0 Å². The largest absolute Gasteiger partial charge is 0.350 e. The minimum atomic E-state index is -0.568. The molecule has 2 rings (SSSR count). The molecule has 0 aromatic heterocycles. The molecule has 0 radical (unpaired) electrons. The summed E-state index contributed by atoms with van der Waals surface area (Å²) in [5.74, 6) is -0.223. The highest BCUT2D eigenvalue weighted by molar-refractivity contribution is 6.42. The Balaban J connectivity index is 2.25. The van der Waals surface area contributed by atoms with E-state index in [1.165, 1.54) is 0 Å². The molecule has 0 aliphatic rings. The predicted octanol–water partition coefficient (Wildman–Crippen LogP) is 5.65. The summed E-state index contributed by atoms with van der Waals surface area (Å²) in [4.78, 5) is 27.9. The van der Waals surface area contributed by atoms with Crippen LogP contribution in [0.25, 0.3) is 0 Å². The summed E-state index contributed by atoms with van der Waals surface area (Å²) in [5.41, 5.74) is 1.54. The third kappa shape index (κ3) is 7.33. The zero-order valence-electron chi connectivity index (χ0n) is 18.0. The maximum Gasteiger partial charge on any atom is 0.243 e. The van der Waals surface area contributed by atoms with Crippen LogP contribution in [0.4, 0.5) is 0 Å². The highest BCUT2D eigenvalue weighted by Crippen LogP contribution is 2.24. The molecular formula is C24H30Cl2N2O2. The van der Waals surface area contributed by atoms with Gasteiger partial charge >= 0.3 is 0 Å². The molecule has 162 valence electrons. The van der Waals surface area contributed by atoms with Gasteiger partial charge in [-0.15, -0.1) is 0 Å². The van der Waals surface area contributed by atoms with Crippen LogP contribution in [-0.4, -0.2) is 28.3 Å². The van der Waals surface area contributed by atoms with Gasteiger partial charge in [0, 0.05) is 18.5 Å². The molecule has 0 unspecified atom stereocenters. The Morgan fingerprint density at radius 1 is 1.00 bits per heavy atom. The molecule has 0 saturated carbocycles. The van der Waals surface area contributed by atoms with Crippen LogP contribution in [0.2, 0.25) is 10.0 Å². The fraction of sp³-hybridized carbons (Fsp3) is 0.417. The van der Waals surface area contributed by atoms with Crippen LogP contribution in [0, 0.1) is 0 Å². The minimum Gasteiger partial charge on any atom is -0.350 e.